The lowest BCUT2D eigenvalue weighted by Gasteiger charge is -2.16. The summed E-state index contributed by atoms with van der Waals surface area (Å²) in [6.07, 6.45) is 0. The van der Waals surface area contributed by atoms with E-state index in [-0.39, 0.29) is 5.91 Å². The van der Waals surface area contributed by atoms with Crippen LogP contribution >= 0.6 is 0 Å². The standard InChI is InChI=1S/C23H32N4O/c1-6-24-23(25-15-18(3)20-11-7-17(2)8-12-20)26-16-19-9-13-21(14-10-19)22(28)27(4)5/h7-14,18H,6,15-16H2,1-5H3,(H2,24,25,26). The molecule has 1 unspecified atom stereocenters. The topological polar surface area (TPSA) is 56.7 Å². The first kappa shape index (κ1) is 21.5. The molecule has 0 aromatic heterocycles. The molecule has 2 N–H and O–H groups in total. The fourth-order valence-electron chi connectivity index (χ4n) is 2.79. The van der Waals surface area contributed by atoms with Gasteiger partial charge in [0.2, 0.25) is 0 Å². The fraction of sp³-hybridized carbons (Fsp3) is 0.391. The highest BCUT2D eigenvalue weighted by Crippen LogP contribution is 2.14. The van der Waals surface area contributed by atoms with Crippen molar-refractivity contribution in [1.29, 1.82) is 0 Å². The first-order valence-electron chi connectivity index (χ1n) is 9.80. The molecule has 0 saturated heterocycles. The van der Waals surface area contributed by atoms with E-state index in [9.17, 15) is 4.79 Å². The van der Waals surface area contributed by atoms with Gasteiger partial charge in [-0.2, -0.15) is 0 Å². The highest BCUT2D eigenvalue weighted by Gasteiger charge is 2.08. The molecule has 0 radical (unpaired) electrons. The number of hydrogen-bond acceptors (Lipinski definition) is 2. The third kappa shape index (κ3) is 6.41. The van der Waals surface area contributed by atoms with Crippen LogP contribution in [0.15, 0.2) is 53.5 Å². The largest absolute Gasteiger partial charge is 0.357 e. The van der Waals surface area contributed by atoms with Crippen LogP contribution in [0.1, 0.15) is 46.8 Å². The van der Waals surface area contributed by atoms with Gasteiger partial charge in [-0.15, -0.1) is 0 Å². The normalized spacial score (nSPS) is 12.4. The lowest BCUT2D eigenvalue weighted by atomic mass is 10.0. The number of aryl methyl sites for hydroxylation is 1. The Bertz CT molecular complexity index is 779. The monoisotopic (exact) mass is 380 g/mol. The van der Waals surface area contributed by atoms with Crippen LogP contribution in [-0.4, -0.2) is 44.0 Å². The van der Waals surface area contributed by atoms with E-state index in [2.05, 4.69) is 60.7 Å². The van der Waals surface area contributed by atoms with Crippen LogP contribution in [0.3, 0.4) is 0 Å². The molecular weight excluding hydrogens is 348 g/mol. The van der Waals surface area contributed by atoms with Crippen molar-refractivity contribution in [2.24, 2.45) is 4.99 Å². The Labute approximate surface area is 168 Å². The molecule has 0 fully saturated rings. The van der Waals surface area contributed by atoms with Gasteiger partial charge in [-0.05, 0) is 43.0 Å². The summed E-state index contributed by atoms with van der Waals surface area (Å²) in [4.78, 5) is 18.2. The summed E-state index contributed by atoms with van der Waals surface area (Å²) in [5.74, 6) is 1.20. The molecule has 2 aromatic carbocycles. The Hall–Kier alpha value is -2.82. The number of hydrogen-bond donors (Lipinski definition) is 2. The average Bonchev–Trinajstić information content (AvgIpc) is 2.70. The number of amides is 1. The minimum Gasteiger partial charge on any atom is -0.357 e. The zero-order valence-corrected chi connectivity index (χ0v) is 17.6. The van der Waals surface area contributed by atoms with E-state index >= 15 is 0 Å². The van der Waals surface area contributed by atoms with Gasteiger partial charge < -0.3 is 15.5 Å². The van der Waals surface area contributed by atoms with Gasteiger partial charge in [0.25, 0.3) is 5.91 Å². The number of aliphatic imine (C=N–C) groups is 1. The molecule has 2 aromatic rings. The van der Waals surface area contributed by atoms with Crippen molar-refractivity contribution in [2.45, 2.75) is 33.2 Å². The third-order valence-electron chi connectivity index (χ3n) is 4.59. The summed E-state index contributed by atoms with van der Waals surface area (Å²) in [7, 11) is 3.51. The summed E-state index contributed by atoms with van der Waals surface area (Å²) in [6.45, 7) is 8.55. The van der Waals surface area contributed by atoms with E-state index in [0.717, 1.165) is 24.6 Å². The molecule has 0 bridgehead atoms. The molecule has 0 aliphatic rings. The fourth-order valence-corrected chi connectivity index (χ4v) is 2.79. The van der Waals surface area contributed by atoms with Crippen molar-refractivity contribution in [3.05, 3.63) is 70.8 Å². The van der Waals surface area contributed by atoms with Gasteiger partial charge in [0.15, 0.2) is 5.96 Å². The predicted octanol–water partition coefficient (Wildman–Crippen LogP) is 3.56. The summed E-state index contributed by atoms with van der Waals surface area (Å²) in [5.41, 5.74) is 4.35. The van der Waals surface area contributed by atoms with E-state index in [0.29, 0.717) is 18.0 Å². The van der Waals surface area contributed by atoms with Crippen molar-refractivity contribution >= 4 is 11.9 Å². The summed E-state index contributed by atoms with van der Waals surface area (Å²) in [5, 5.41) is 6.72. The van der Waals surface area contributed by atoms with Crippen LogP contribution in [-0.2, 0) is 6.54 Å². The van der Waals surface area contributed by atoms with Gasteiger partial charge in [0.1, 0.15) is 0 Å². The lowest BCUT2D eigenvalue weighted by Crippen LogP contribution is -2.39. The second-order valence-electron chi connectivity index (χ2n) is 7.28. The number of carbonyl (C=O) groups is 1. The number of guanidine groups is 1. The molecule has 0 spiro atoms. The second-order valence-corrected chi connectivity index (χ2v) is 7.28. The van der Waals surface area contributed by atoms with Crippen molar-refractivity contribution in [3.8, 4) is 0 Å². The summed E-state index contributed by atoms with van der Waals surface area (Å²) in [6, 6.07) is 16.3. The van der Waals surface area contributed by atoms with Gasteiger partial charge in [-0.25, -0.2) is 4.99 Å². The summed E-state index contributed by atoms with van der Waals surface area (Å²) < 4.78 is 0. The van der Waals surface area contributed by atoms with Crippen LogP contribution in [0, 0.1) is 6.92 Å². The Morgan fingerprint density at radius 2 is 1.68 bits per heavy atom. The van der Waals surface area contributed by atoms with Crippen LogP contribution in [0.25, 0.3) is 0 Å². The SMILES string of the molecule is CCNC(=NCc1ccc(C(=O)N(C)C)cc1)NCC(C)c1ccc(C)cc1. The van der Waals surface area contributed by atoms with Crippen molar-refractivity contribution < 1.29 is 4.79 Å². The Morgan fingerprint density at radius 3 is 2.25 bits per heavy atom. The maximum Gasteiger partial charge on any atom is 0.253 e. The molecule has 1 atom stereocenters. The molecule has 0 aliphatic carbocycles. The molecule has 1 amide bonds. The number of nitrogens with zero attached hydrogens (tertiary/aromatic N) is 2. The zero-order chi connectivity index (χ0) is 20.5. The highest BCUT2D eigenvalue weighted by molar-refractivity contribution is 5.93. The molecule has 0 heterocycles. The molecule has 0 aliphatic heterocycles. The van der Waals surface area contributed by atoms with Gasteiger partial charge in [-0.3, -0.25) is 4.79 Å². The van der Waals surface area contributed by atoms with E-state index in [1.54, 1.807) is 19.0 Å². The van der Waals surface area contributed by atoms with E-state index < -0.39 is 0 Å². The second kappa shape index (κ2) is 10.5. The zero-order valence-electron chi connectivity index (χ0n) is 17.6. The molecule has 2 rings (SSSR count). The number of carbonyl (C=O) groups excluding carboxylic acids is 1. The molecule has 28 heavy (non-hydrogen) atoms. The molecule has 5 nitrogen and oxygen atoms in total. The average molecular weight is 381 g/mol. The third-order valence-corrected chi connectivity index (χ3v) is 4.59. The first-order chi connectivity index (χ1) is 13.4. The van der Waals surface area contributed by atoms with Crippen molar-refractivity contribution in [2.75, 3.05) is 27.2 Å². The van der Waals surface area contributed by atoms with E-state index in [4.69, 9.17) is 0 Å². The smallest absolute Gasteiger partial charge is 0.253 e. The molecule has 5 heteroatoms. The molecular formula is C23H32N4O. The maximum absolute atomic E-state index is 12.0. The van der Waals surface area contributed by atoms with Crippen LogP contribution in [0.4, 0.5) is 0 Å². The Morgan fingerprint density at radius 1 is 1.04 bits per heavy atom. The maximum atomic E-state index is 12.0. The number of benzene rings is 2. The van der Waals surface area contributed by atoms with Gasteiger partial charge in [0, 0.05) is 32.7 Å². The molecule has 150 valence electrons. The number of nitrogens with one attached hydrogen (secondary N) is 2. The highest BCUT2D eigenvalue weighted by atomic mass is 16.2. The lowest BCUT2D eigenvalue weighted by molar-refractivity contribution is 0.0827. The van der Waals surface area contributed by atoms with Gasteiger partial charge in [-0.1, -0.05) is 48.9 Å². The number of rotatable bonds is 7. The van der Waals surface area contributed by atoms with Crippen LogP contribution < -0.4 is 10.6 Å². The first-order valence-corrected chi connectivity index (χ1v) is 9.80. The Kier molecular flexibility index (Phi) is 8.05. The van der Waals surface area contributed by atoms with Gasteiger partial charge in [0.05, 0.1) is 6.54 Å². The minimum atomic E-state index is 0.00940. The quantitative estimate of drug-likeness (QED) is 0.570. The van der Waals surface area contributed by atoms with Crippen LogP contribution in [0.5, 0.6) is 0 Å². The predicted molar refractivity (Wildman–Crippen MR) is 117 cm³/mol. The minimum absolute atomic E-state index is 0.00940. The van der Waals surface area contributed by atoms with E-state index in [1.807, 2.05) is 24.3 Å². The van der Waals surface area contributed by atoms with Crippen molar-refractivity contribution in [3.63, 3.8) is 0 Å². The van der Waals surface area contributed by atoms with E-state index in [1.165, 1.54) is 11.1 Å². The summed E-state index contributed by atoms with van der Waals surface area (Å²) >= 11 is 0. The van der Waals surface area contributed by atoms with Crippen molar-refractivity contribution in [1.82, 2.24) is 15.5 Å². The Balaban J connectivity index is 1.96. The molecule has 0 saturated carbocycles. The van der Waals surface area contributed by atoms with Gasteiger partial charge >= 0.3 is 0 Å². The van der Waals surface area contributed by atoms with Crippen LogP contribution in [0.2, 0.25) is 0 Å².